The minimum Gasteiger partial charge on any atom is -0.525 e. The summed E-state index contributed by atoms with van der Waals surface area (Å²) >= 11 is 4.19. The molecule has 4 heavy (non-hydrogen) atoms. The number of halogens is 1. The third kappa shape index (κ3) is 0.00142. The Bertz CT molecular complexity index is 15.5. The summed E-state index contributed by atoms with van der Waals surface area (Å²) in [6, 6.07) is 0. The van der Waals surface area contributed by atoms with E-state index in [1.54, 1.807) is 0 Å². The van der Waals surface area contributed by atoms with Crippen LogP contribution in [-0.4, -0.2) is 5.75 Å². The quantitative estimate of drug-likeness (QED) is 0.464. The molecule has 0 aliphatic carbocycles. The largest absolute Gasteiger partial charge is 0.525 e. The minimum absolute atomic E-state index is 0. The van der Waals surface area contributed by atoms with Crippen molar-refractivity contribution in [2.24, 2.45) is 0 Å². The van der Waals surface area contributed by atoms with Crippen LogP contribution < -0.4 is 0 Å². The van der Waals surface area contributed by atoms with Crippen LogP contribution >= 0.6 is 11.6 Å². The number of rotatable bonds is 0. The fourth-order valence-electron chi connectivity index (χ4n) is 0. The third-order valence-corrected chi connectivity index (χ3v) is 0. The van der Waals surface area contributed by atoms with Gasteiger partial charge in [-0.1, -0.05) is 0 Å². The van der Waals surface area contributed by atoms with E-state index in [1.807, 2.05) is 0 Å². The average Bonchev–Trinajstić information content (AvgIpc) is 0.918. The summed E-state index contributed by atoms with van der Waals surface area (Å²) < 4.78 is 0. The van der Waals surface area contributed by atoms with Crippen LogP contribution in [0.25, 0.3) is 0 Å². The molecule has 0 saturated heterocycles. The number of carbonyl (C=O) groups excluding carboxylic acids is 1. The Morgan fingerprint density at radius 3 is 1.75 bits per heavy atom. The van der Waals surface area contributed by atoms with Gasteiger partial charge in [-0.15, -0.1) is 0 Å². The zero-order valence-corrected chi connectivity index (χ0v) is 5.34. The van der Waals surface area contributed by atoms with Crippen LogP contribution in [-0.2, 0) is 4.79 Å². The van der Waals surface area contributed by atoms with E-state index in [4.69, 9.17) is 4.79 Å². The van der Waals surface area contributed by atoms with Crippen molar-refractivity contribution in [1.29, 1.82) is 0 Å². The maximum absolute atomic E-state index is 8.45. The van der Waals surface area contributed by atoms with Gasteiger partial charge in [-0.25, -0.2) is 0 Å². The average molecular weight is 310 g/mol. The summed E-state index contributed by atoms with van der Waals surface area (Å²) in [5, 5.41) is 0. The van der Waals surface area contributed by atoms with Crippen LogP contribution in [0.5, 0.6) is 0 Å². The molecule has 0 saturated carbocycles. The molecule has 0 unspecified atom stereocenters. The number of hydrogen-bond acceptors (Lipinski definition) is 1. The molecule has 3 heteroatoms. The fourth-order valence-corrected chi connectivity index (χ4v) is 0. The molecule has 26 valence electrons. The maximum atomic E-state index is 8.45. The zero-order chi connectivity index (χ0) is 2.71. The Balaban J connectivity index is 0. The molecule has 0 atom stereocenters. The van der Waals surface area contributed by atoms with Crippen LogP contribution in [0.1, 0.15) is 0 Å². The molecule has 0 aliphatic rings. The van der Waals surface area contributed by atoms with Crippen molar-refractivity contribution in [3.8, 4) is 0 Å². The first kappa shape index (κ1) is 12.3. The maximum Gasteiger partial charge on any atom is 0 e. The summed E-state index contributed by atoms with van der Waals surface area (Å²) in [5.41, 5.74) is 0. The predicted octanol–water partition coefficient (Wildman–Crippen LogP) is 0.292. The second-order valence-electron chi connectivity index (χ2n) is 0.0772. The molecule has 0 aromatic rings. The smallest absolute Gasteiger partial charge is 0 e. The van der Waals surface area contributed by atoms with Crippen molar-refractivity contribution < 1.29 is 4.79 Å². The van der Waals surface area contributed by atoms with Crippen molar-refractivity contribution in [3.05, 3.63) is 0 Å². The first-order chi connectivity index (χ1) is 1.41. The van der Waals surface area contributed by atoms with Gasteiger partial charge in [0.05, 0.1) is 0 Å². The van der Waals surface area contributed by atoms with Gasteiger partial charge in [0.2, 0.25) is 0 Å². The first-order valence-electron chi connectivity index (χ1n) is 0.393. The van der Waals surface area contributed by atoms with Crippen molar-refractivity contribution >= 4 is 17.3 Å². The van der Waals surface area contributed by atoms with Gasteiger partial charge in [-0.2, -0.15) is 5.75 Å². The molecule has 0 amide bonds. The molecular formula is CClCmO-. The van der Waals surface area contributed by atoms with Gasteiger partial charge in [0.25, 0.3) is 0 Å². The van der Waals surface area contributed by atoms with Gasteiger partial charge in [-0.05, 0) is 0 Å². The predicted molar refractivity (Wildman–Crippen MR) is 11.5 cm³/mol. The second kappa shape index (κ2) is 1130. The van der Waals surface area contributed by atoms with Crippen molar-refractivity contribution in [2.75, 3.05) is 0 Å². The normalized spacial score (nSPS) is 3.25. The van der Waals surface area contributed by atoms with Gasteiger partial charge < -0.3 is 16.4 Å². The van der Waals surface area contributed by atoms with Crippen LogP contribution in [0.15, 0.2) is 0 Å². The Labute approximate surface area is 23.2 Å². The second-order valence-corrected chi connectivity index (χ2v) is 0.231. The summed E-state index contributed by atoms with van der Waals surface area (Å²) in [5.74, 6) is 0.972. The molecule has 0 spiro atoms. The Kier molecular flexibility index (Phi) is 3480. The summed E-state index contributed by atoms with van der Waals surface area (Å²) in [7, 11) is 0. The van der Waals surface area contributed by atoms with E-state index in [-0.39, 0.29) is 0 Å². The molecule has 1 nitrogen and oxygen atoms in total. The molecule has 0 fully saturated rings. The van der Waals surface area contributed by atoms with Gasteiger partial charge in [0.15, 0.2) is 0 Å². The van der Waals surface area contributed by atoms with Crippen molar-refractivity contribution in [3.63, 3.8) is 0 Å². The molecule has 0 radical (unpaired) electrons. The SMILES string of the molecule is O=[C-]Cl.[Cm]. The van der Waals surface area contributed by atoms with Crippen LogP contribution in [0, 0.1) is 0 Å². The zero-order valence-electron chi connectivity index (χ0n) is 1.64. The van der Waals surface area contributed by atoms with Gasteiger partial charge in [0, 0.05) is 0 Å². The van der Waals surface area contributed by atoms with E-state index in [0.29, 0.717) is 0 Å². The molecule has 0 aromatic carbocycles. The standard InChI is InChI=1S/CClO.Cm/c2-1-3;/q-1;. The Morgan fingerprint density at radius 1 is 1.75 bits per heavy atom. The van der Waals surface area contributed by atoms with E-state index in [1.165, 1.54) is 0 Å². The summed E-state index contributed by atoms with van der Waals surface area (Å²) in [6.07, 6.45) is 0. The van der Waals surface area contributed by atoms with Crippen molar-refractivity contribution in [1.82, 2.24) is 0 Å². The van der Waals surface area contributed by atoms with E-state index < -0.39 is 0 Å². The van der Waals surface area contributed by atoms with Crippen LogP contribution in [0.4, 0.5) is 0 Å². The van der Waals surface area contributed by atoms with Gasteiger partial charge >= 0.3 is 0 Å². The summed E-state index contributed by atoms with van der Waals surface area (Å²) in [4.78, 5) is 8.45. The summed E-state index contributed by atoms with van der Waals surface area (Å²) in [6.45, 7) is 0. The van der Waals surface area contributed by atoms with E-state index in [2.05, 4.69) is 11.6 Å². The van der Waals surface area contributed by atoms with E-state index in [0.717, 1.165) is 5.75 Å². The molecule has 0 aromatic heterocycles. The minimum atomic E-state index is 0. The number of hydrogen-bond donors (Lipinski definition) is 0. The first-order valence-corrected chi connectivity index (χ1v) is 0.771. The monoisotopic (exact) mass is 306 g/mol. The van der Waals surface area contributed by atoms with Crippen LogP contribution in [0.3, 0.4) is 0 Å². The Morgan fingerprint density at radius 2 is 1.75 bits per heavy atom. The molecule has 0 aliphatic heterocycles. The van der Waals surface area contributed by atoms with Gasteiger partial charge in [-0.3, -0.25) is 0 Å². The molecule has 0 heterocycles. The topological polar surface area (TPSA) is 17.1 Å². The van der Waals surface area contributed by atoms with E-state index in [9.17, 15) is 0 Å². The third-order valence-electron chi connectivity index (χ3n) is 0. The molecule has 0 N–H and O–H groups in total. The molecule has 0 bridgehead atoms. The van der Waals surface area contributed by atoms with Crippen LogP contribution in [0.2, 0.25) is 0 Å². The molecular weight excluding hydrogens is 310 g/mol. The molecule has 0 rings (SSSR count). The van der Waals surface area contributed by atoms with Gasteiger partial charge in [0.1, 0.15) is 0 Å². The van der Waals surface area contributed by atoms with E-state index >= 15 is 0 Å². The van der Waals surface area contributed by atoms with Crippen molar-refractivity contribution in [2.45, 2.75) is 0 Å². The fraction of sp³-hybridized carbons (Fsp3) is 0. The Hall–Kier alpha value is -1.04.